The topological polar surface area (TPSA) is 237 Å². The molecule has 17 nitrogen and oxygen atoms in total. The van der Waals surface area contributed by atoms with E-state index in [4.69, 9.17) is 37.0 Å². The van der Waals surface area contributed by atoms with E-state index in [0.717, 1.165) is 108 Å². The van der Waals surface area contributed by atoms with E-state index in [1.165, 1.54) is 167 Å². The van der Waals surface area contributed by atoms with Gasteiger partial charge in [-0.25, -0.2) is 9.13 Å². The number of ether oxygens (including phenoxy) is 4. The molecule has 534 valence electrons. The molecule has 0 aliphatic carbocycles. The fraction of sp³-hybridized carbons (Fsp3) is 0.944. The first-order chi connectivity index (χ1) is 43.2. The maximum absolute atomic E-state index is 13.0. The minimum absolute atomic E-state index is 0.105. The van der Waals surface area contributed by atoms with Gasteiger partial charge >= 0.3 is 39.5 Å². The third-order valence-electron chi connectivity index (χ3n) is 16.4. The van der Waals surface area contributed by atoms with Crippen LogP contribution in [0.1, 0.15) is 357 Å². The van der Waals surface area contributed by atoms with Crippen LogP contribution in [0.2, 0.25) is 0 Å². The molecule has 0 aromatic rings. The zero-order valence-corrected chi connectivity index (χ0v) is 60.4. The Bertz CT molecular complexity index is 1770. The molecule has 0 aromatic carbocycles. The van der Waals surface area contributed by atoms with E-state index in [0.29, 0.717) is 25.7 Å². The lowest BCUT2D eigenvalue weighted by Crippen LogP contribution is -2.30. The molecule has 0 saturated carbocycles. The summed E-state index contributed by atoms with van der Waals surface area (Å²) in [6, 6.07) is 0. The summed E-state index contributed by atoms with van der Waals surface area (Å²) in [5.74, 6) is 0.132. The number of rotatable bonds is 69. The molecule has 0 fully saturated rings. The van der Waals surface area contributed by atoms with Gasteiger partial charge in [0.2, 0.25) is 0 Å². The quantitative estimate of drug-likeness (QED) is 0.0222. The van der Waals surface area contributed by atoms with Gasteiger partial charge in [-0.3, -0.25) is 37.3 Å². The number of phosphoric acid groups is 2. The Hall–Kier alpha value is -1.94. The average Bonchev–Trinajstić information content (AvgIpc) is 2.69. The molecule has 0 saturated heterocycles. The van der Waals surface area contributed by atoms with E-state index in [1.54, 1.807) is 0 Å². The highest BCUT2D eigenvalue weighted by Crippen LogP contribution is 2.45. The lowest BCUT2D eigenvalue weighted by atomic mass is 10.0. The van der Waals surface area contributed by atoms with Crippen molar-refractivity contribution < 1.29 is 80.2 Å². The van der Waals surface area contributed by atoms with Gasteiger partial charge in [-0.05, 0) is 43.4 Å². The highest BCUT2D eigenvalue weighted by Gasteiger charge is 2.30. The lowest BCUT2D eigenvalue weighted by Gasteiger charge is -2.21. The second-order valence-corrected chi connectivity index (χ2v) is 30.0. The van der Waals surface area contributed by atoms with Crippen LogP contribution in [0.4, 0.5) is 0 Å². The zero-order valence-electron chi connectivity index (χ0n) is 58.6. The first-order valence-electron chi connectivity index (χ1n) is 36.8. The van der Waals surface area contributed by atoms with E-state index in [2.05, 4.69) is 48.5 Å². The molecule has 0 aliphatic rings. The molecule has 2 unspecified atom stereocenters. The van der Waals surface area contributed by atoms with Crippen molar-refractivity contribution in [3.8, 4) is 0 Å². The van der Waals surface area contributed by atoms with Crippen molar-refractivity contribution in [2.45, 2.75) is 375 Å². The lowest BCUT2D eigenvalue weighted by molar-refractivity contribution is -0.161. The van der Waals surface area contributed by atoms with E-state index >= 15 is 0 Å². The Morgan fingerprint density at radius 1 is 0.300 bits per heavy atom. The smallest absolute Gasteiger partial charge is 0.462 e. The second-order valence-electron chi connectivity index (χ2n) is 27.1. The molecular formula is C71H138O17P2. The van der Waals surface area contributed by atoms with Crippen LogP contribution in [0.25, 0.3) is 0 Å². The van der Waals surface area contributed by atoms with Gasteiger partial charge in [0.05, 0.1) is 26.4 Å². The van der Waals surface area contributed by atoms with Gasteiger partial charge < -0.3 is 33.8 Å². The van der Waals surface area contributed by atoms with E-state index in [1.807, 2.05) is 0 Å². The van der Waals surface area contributed by atoms with Crippen molar-refractivity contribution in [2.24, 2.45) is 17.8 Å². The van der Waals surface area contributed by atoms with Crippen LogP contribution in [0, 0.1) is 17.8 Å². The molecule has 0 rings (SSSR count). The molecule has 3 N–H and O–H groups in total. The average molecular weight is 1330 g/mol. The van der Waals surface area contributed by atoms with Gasteiger partial charge in [-0.1, -0.05) is 305 Å². The summed E-state index contributed by atoms with van der Waals surface area (Å²) in [5, 5.41) is 10.6. The summed E-state index contributed by atoms with van der Waals surface area (Å²) in [4.78, 5) is 72.6. The number of aliphatic hydroxyl groups excluding tert-OH is 1. The van der Waals surface area contributed by atoms with Crippen LogP contribution in [0.3, 0.4) is 0 Å². The Balaban J connectivity index is 5.26. The number of hydrogen-bond acceptors (Lipinski definition) is 15. The standard InChI is InChI=1S/C71H138O17P2/c1-8-9-10-11-12-13-16-24-31-38-45-52-68(73)81-58-67(88-71(76)55-48-41-34-27-20-23-30-37-44-51-64(6)7)61-86-90(79,80)84-57-65(72)56-83-89(77,78)85-60-66(59-82-69(74)53-46-39-32-26-19-22-29-36-43-50-63(4)5)87-70(75)54-47-40-33-25-18-15-14-17-21-28-35-42-49-62(2)3/h62-67,72H,8-61H2,1-7H3,(H,77,78)(H,79,80)/t65-,66-,67-/m1/s1. The maximum atomic E-state index is 13.0. The number of aliphatic hydroxyl groups is 1. The molecule has 5 atom stereocenters. The van der Waals surface area contributed by atoms with E-state index < -0.39 is 97.5 Å². The summed E-state index contributed by atoms with van der Waals surface area (Å²) < 4.78 is 68.3. The number of unbranched alkanes of at least 4 members (excludes halogenated alkanes) is 37. The van der Waals surface area contributed by atoms with Crippen LogP contribution in [-0.4, -0.2) is 96.7 Å². The number of hydrogen-bond donors (Lipinski definition) is 3. The predicted molar refractivity (Wildman–Crippen MR) is 363 cm³/mol. The molecule has 0 amide bonds. The molecule has 90 heavy (non-hydrogen) atoms. The zero-order chi connectivity index (χ0) is 66.6. The molecule has 0 bridgehead atoms. The maximum Gasteiger partial charge on any atom is 0.472 e. The number of carbonyl (C=O) groups excluding carboxylic acids is 4. The molecule has 0 spiro atoms. The van der Waals surface area contributed by atoms with Crippen molar-refractivity contribution >= 4 is 39.5 Å². The number of phosphoric ester groups is 2. The second kappa shape index (κ2) is 61.9. The Kier molecular flexibility index (Phi) is 60.6. The van der Waals surface area contributed by atoms with Crippen molar-refractivity contribution in [3.63, 3.8) is 0 Å². The van der Waals surface area contributed by atoms with Gasteiger partial charge in [0, 0.05) is 25.7 Å². The third-order valence-corrected chi connectivity index (χ3v) is 18.3. The van der Waals surface area contributed by atoms with E-state index in [-0.39, 0.29) is 25.7 Å². The summed E-state index contributed by atoms with van der Waals surface area (Å²) in [6.45, 7) is 11.8. The molecule has 0 aromatic heterocycles. The number of esters is 4. The molecule has 19 heteroatoms. The van der Waals surface area contributed by atoms with E-state index in [9.17, 15) is 43.2 Å². The van der Waals surface area contributed by atoms with Crippen LogP contribution in [0.5, 0.6) is 0 Å². The van der Waals surface area contributed by atoms with Crippen molar-refractivity contribution in [3.05, 3.63) is 0 Å². The summed E-state index contributed by atoms with van der Waals surface area (Å²) >= 11 is 0. The summed E-state index contributed by atoms with van der Waals surface area (Å²) in [7, 11) is -9.90. The van der Waals surface area contributed by atoms with Crippen molar-refractivity contribution in [2.75, 3.05) is 39.6 Å². The highest BCUT2D eigenvalue weighted by atomic mass is 31.2. The van der Waals surface area contributed by atoms with Gasteiger partial charge in [0.1, 0.15) is 19.3 Å². The van der Waals surface area contributed by atoms with Crippen LogP contribution >= 0.6 is 15.6 Å². The van der Waals surface area contributed by atoms with Crippen molar-refractivity contribution in [1.82, 2.24) is 0 Å². The summed E-state index contributed by atoms with van der Waals surface area (Å²) in [6.07, 6.45) is 45.7. The predicted octanol–water partition coefficient (Wildman–Crippen LogP) is 20.2. The van der Waals surface area contributed by atoms with Gasteiger partial charge in [-0.2, -0.15) is 0 Å². The Labute approximate surface area is 549 Å². The molecule has 0 heterocycles. The van der Waals surface area contributed by atoms with Gasteiger partial charge in [-0.15, -0.1) is 0 Å². The van der Waals surface area contributed by atoms with Gasteiger partial charge in [0.15, 0.2) is 12.2 Å². The fourth-order valence-corrected chi connectivity index (χ4v) is 12.3. The largest absolute Gasteiger partial charge is 0.472 e. The highest BCUT2D eigenvalue weighted by molar-refractivity contribution is 7.47. The van der Waals surface area contributed by atoms with Crippen LogP contribution < -0.4 is 0 Å². The van der Waals surface area contributed by atoms with Crippen LogP contribution in [-0.2, 0) is 65.4 Å². The fourth-order valence-electron chi connectivity index (χ4n) is 10.7. The monoisotopic (exact) mass is 1320 g/mol. The Morgan fingerprint density at radius 3 is 0.756 bits per heavy atom. The number of carbonyl (C=O) groups is 4. The molecule has 0 radical (unpaired) electrons. The molecule has 0 aliphatic heterocycles. The first-order valence-corrected chi connectivity index (χ1v) is 39.8. The minimum atomic E-state index is -4.95. The first kappa shape index (κ1) is 88.1. The minimum Gasteiger partial charge on any atom is -0.462 e. The molecular weight excluding hydrogens is 1190 g/mol. The van der Waals surface area contributed by atoms with Crippen molar-refractivity contribution in [1.29, 1.82) is 0 Å². The summed E-state index contributed by atoms with van der Waals surface area (Å²) in [5.41, 5.74) is 0. The normalized spacial score (nSPS) is 14.2. The third kappa shape index (κ3) is 64.8. The van der Waals surface area contributed by atoms with Crippen LogP contribution in [0.15, 0.2) is 0 Å². The Morgan fingerprint density at radius 2 is 0.511 bits per heavy atom. The SMILES string of the molecule is CCCCCCCCCCCCCC(=O)OC[C@H](COP(=O)(O)OC[C@H](O)COP(=O)(O)OC[C@@H](COC(=O)CCCCCCCCCCCC(C)C)OC(=O)CCCCCCCCCCCCCCC(C)C)OC(=O)CCCCCCCCCCCC(C)C. The van der Waals surface area contributed by atoms with Gasteiger partial charge in [0.25, 0.3) is 0 Å².